The van der Waals surface area contributed by atoms with Crippen LogP contribution in [0.5, 0.6) is 0 Å². The van der Waals surface area contributed by atoms with E-state index in [9.17, 15) is 12.8 Å². The topological polar surface area (TPSA) is 76.9 Å². The minimum absolute atomic E-state index is 0.0179. The van der Waals surface area contributed by atoms with Crippen LogP contribution in [0.2, 0.25) is 0 Å². The molecule has 1 N–H and O–H groups in total. The highest BCUT2D eigenvalue weighted by atomic mass is 32.2. The van der Waals surface area contributed by atoms with Gasteiger partial charge in [0.15, 0.2) is 11.0 Å². The lowest BCUT2D eigenvalue weighted by molar-refractivity contribution is 0.518. The van der Waals surface area contributed by atoms with Gasteiger partial charge in [-0.25, -0.2) is 17.5 Å². The second-order valence-corrected chi connectivity index (χ2v) is 8.03. The van der Waals surface area contributed by atoms with E-state index in [2.05, 4.69) is 27.5 Å². The smallest absolute Gasteiger partial charge is 0.241 e. The van der Waals surface area contributed by atoms with Gasteiger partial charge < -0.3 is 4.57 Å². The Kier molecular flexibility index (Phi) is 5.93. The Hall–Kier alpha value is -2.23. The minimum atomic E-state index is -3.88. The molecule has 3 rings (SSSR count). The Morgan fingerprint density at radius 1 is 1.11 bits per heavy atom. The van der Waals surface area contributed by atoms with Crippen LogP contribution in [0, 0.1) is 5.82 Å². The van der Waals surface area contributed by atoms with Crippen molar-refractivity contribution in [3.8, 4) is 0 Å². The van der Waals surface area contributed by atoms with Gasteiger partial charge in [-0.05, 0) is 43.2 Å². The summed E-state index contributed by atoms with van der Waals surface area (Å²) in [7, 11) is -3.88. The van der Waals surface area contributed by atoms with Crippen molar-refractivity contribution in [2.45, 2.75) is 36.0 Å². The molecule has 0 spiro atoms. The van der Waals surface area contributed by atoms with Crippen molar-refractivity contribution >= 4 is 22.7 Å². The lowest BCUT2D eigenvalue weighted by atomic mass is 10.1. The summed E-state index contributed by atoms with van der Waals surface area (Å²) in [6.07, 6.45) is 0.382. The first kappa shape index (κ1) is 19.5. The van der Waals surface area contributed by atoms with Crippen LogP contribution in [-0.2, 0) is 23.0 Å². The van der Waals surface area contributed by atoms with Crippen LogP contribution in [0.3, 0.4) is 0 Å². The summed E-state index contributed by atoms with van der Waals surface area (Å²) in [4.78, 5) is -0.0179. The molecule has 0 unspecified atom stereocenters. The quantitative estimate of drug-likeness (QED) is 0.592. The van der Waals surface area contributed by atoms with Crippen LogP contribution in [0.15, 0.2) is 64.6 Å². The maximum atomic E-state index is 13.1. The van der Waals surface area contributed by atoms with E-state index in [1.807, 2.05) is 37.3 Å². The molecule has 0 aliphatic rings. The Balaban J connectivity index is 1.97. The number of rotatable bonds is 7. The molecule has 0 amide bonds. The molecule has 1 heterocycles. The Morgan fingerprint density at radius 2 is 1.78 bits per heavy atom. The van der Waals surface area contributed by atoms with Gasteiger partial charge in [0.1, 0.15) is 5.82 Å². The molecule has 9 heteroatoms. The van der Waals surface area contributed by atoms with Crippen molar-refractivity contribution in [2.24, 2.45) is 0 Å². The molecule has 2 aromatic carbocycles. The molecule has 1 atom stereocenters. The third-order valence-electron chi connectivity index (χ3n) is 4.09. The summed E-state index contributed by atoms with van der Waals surface area (Å²) < 4.78 is 43.2. The van der Waals surface area contributed by atoms with Gasteiger partial charge >= 0.3 is 0 Å². The first-order valence-corrected chi connectivity index (χ1v) is 10.3. The average Bonchev–Trinajstić information content (AvgIpc) is 3.03. The third-order valence-corrected chi connectivity index (χ3v) is 5.91. The molecule has 0 radical (unpaired) electrons. The first-order chi connectivity index (χ1) is 12.9. The number of halogens is 1. The van der Waals surface area contributed by atoms with Gasteiger partial charge in [-0.2, -0.15) is 0 Å². The van der Waals surface area contributed by atoms with Gasteiger partial charge in [-0.3, -0.25) is 0 Å². The molecule has 142 valence electrons. The molecule has 0 aliphatic heterocycles. The van der Waals surface area contributed by atoms with Crippen molar-refractivity contribution in [3.05, 3.63) is 71.8 Å². The zero-order valence-electron chi connectivity index (χ0n) is 14.6. The summed E-state index contributed by atoms with van der Waals surface area (Å²) in [6, 6.07) is 13.5. The minimum Gasteiger partial charge on any atom is -0.305 e. The standard InChI is InChI=1S/C18H19FN4O2S2/c1-2-23-17(20-21-18(23)26)16(12-13-6-4-3-5-7-13)22-27(24,25)15-10-8-14(19)9-11-15/h3-11,16,22H,2,12H2,1H3,(H,21,26)/t16-/m1/s1. The number of sulfonamides is 1. The number of nitrogens with one attached hydrogen (secondary N) is 1. The predicted octanol–water partition coefficient (Wildman–Crippen LogP) is 2.99. The number of hydrogen-bond acceptors (Lipinski definition) is 5. The number of nitrogens with zero attached hydrogens (tertiary/aromatic N) is 3. The van der Waals surface area contributed by atoms with Crippen LogP contribution in [0.4, 0.5) is 4.39 Å². The molecule has 0 fully saturated rings. The van der Waals surface area contributed by atoms with E-state index in [1.165, 1.54) is 12.1 Å². The van der Waals surface area contributed by atoms with Gasteiger partial charge in [0.25, 0.3) is 0 Å². The van der Waals surface area contributed by atoms with Crippen LogP contribution in [0.1, 0.15) is 24.4 Å². The van der Waals surface area contributed by atoms with Crippen molar-refractivity contribution in [3.63, 3.8) is 0 Å². The zero-order valence-corrected chi connectivity index (χ0v) is 16.3. The van der Waals surface area contributed by atoms with E-state index in [1.54, 1.807) is 4.57 Å². The van der Waals surface area contributed by atoms with Crippen LogP contribution in [-0.4, -0.2) is 23.2 Å². The summed E-state index contributed by atoms with van der Waals surface area (Å²) >= 11 is 4.28. The fourth-order valence-electron chi connectivity index (χ4n) is 2.77. The van der Waals surface area contributed by atoms with Crippen molar-refractivity contribution in [1.82, 2.24) is 19.5 Å². The monoisotopic (exact) mass is 406 g/mol. The second kappa shape index (κ2) is 8.20. The van der Waals surface area contributed by atoms with E-state index in [-0.39, 0.29) is 4.90 Å². The van der Waals surface area contributed by atoms with Crippen molar-refractivity contribution < 1.29 is 12.8 Å². The highest BCUT2D eigenvalue weighted by Gasteiger charge is 2.26. The molecule has 3 aromatic rings. The summed E-state index contributed by atoms with van der Waals surface area (Å²) in [5, 5.41) is 8.49. The van der Waals surface area contributed by atoms with Gasteiger partial charge in [0.2, 0.25) is 10.0 Å². The highest BCUT2D eigenvalue weighted by molar-refractivity contribution is 7.89. The Labute approximate surface area is 162 Å². The number of hydrogen-bond donors (Lipinski definition) is 2. The molecule has 6 nitrogen and oxygen atoms in total. The van der Waals surface area contributed by atoms with E-state index in [0.29, 0.717) is 23.9 Å². The number of thiol groups is 1. The molecule has 1 aromatic heterocycles. The third kappa shape index (κ3) is 4.55. The summed E-state index contributed by atoms with van der Waals surface area (Å²) in [6.45, 7) is 2.45. The summed E-state index contributed by atoms with van der Waals surface area (Å²) in [5.74, 6) is -0.0303. The average molecular weight is 407 g/mol. The lowest BCUT2D eigenvalue weighted by Crippen LogP contribution is -2.32. The molecular weight excluding hydrogens is 387 g/mol. The predicted molar refractivity (Wildman–Crippen MR) is 103 cm³/mol. The van der Waals surface area contributed by atoms with Gasteiger partial charge in [0, 0.05) is 6.54 Å². The molecule has 0 saturated heterocycles. The van der Waals surface area contributed by atoms with Crippen molar-refractivity contribution in [1.29, 1.82) is 0 Å². The molecular formula is C18H19FN4O2S2. The highest BCUT2D eigenvalue weighted by Crippen LogP contribution is 2.22. The summed E-state index contributed by atoms with van der Waals surface area (Å²) in [5.41, 5.74) is 0.940. The largest absolute Gasteiger partial charge is 0.305 e. The fourth-order valence-corrected chi connectivity index (χ4v) is 4.25. The van der Waals surface area contributed by atoms with Crippen LogP contribution >= 0.6 is 12.6 Å². The van der Waals surface area contributed by atoms with Crippen LogP contribution in [0.25, 0.3) is 0 Å². The molecule has 27 heavy (non-hydrogen) atoms. The van der Waals surface area contributed by atoms with Crippen LogP contribution < -0.4 is 4.72 Å². The van der Waals surface area contributed by atoms with E-state index in [4.69, 9.17) is 0 Å². The maximum absolute atomic E-state index is 13.1. The molecule has 0 saturated carbocycles. The number of benzene rings is 2. The second-order valence-electron chi connectivity index (χ2n) is 5.92. The number of aromatic nitrogens is 3. The maximum Gasteiger partial charge on any atom is 0.241 e. The van der Waals surface area contributed by atoms with E-state index >= 15 is 0 Å². The zero-order chi connectivity index (χ0) is 19.4. The van der Waals surface area contributed by atoms with E-state index in [0.717, 1.165) is 17.7 Å². The van der Waals surface area contributed by atoms with Gasteiger partial charge in [0.05, 0.1) is 10.9 Å². The van der Waals surface area contributed by atoms with Crippen molar-refractivity contribution in [2.75, 3.05) is 0 Å². The van der Waals surface area contributed by atoms with E-state index < -0.39 is 21.9 Å². The SMILES string of the molecule is CCn1c(S)nnc1[C@@H](Cc1ccccc1)NS(=O)(=O)c1ccc(F)cc1. The lowest BCUT2D eigenvalue weighted by Gasteiger charge is -2.19. The van der Waals surface area contributed by atoms with Gasteiger partial charge in [-0.1, -0.05) is 30.3 Å². The first-order valence-electron chi connectivity index (χ1n) is 8.34. The normalized spacial score (nSPS) is 12.9. The molecule has 0 bridgehead atoms. The Bertz CT molecular complexity index is 1010. The molecule has 0 aliphatic carbocycles. The van der Waals surface area contributed by atoms with Gasteiger partial charge in [-0.15, -0.1) is 22.8 Å². The fraction of sp³-hybridized carbons (Fsp3) is 0.222. The Morgan fingerprint density at radius 3 is 2.41 bits per heavy atom.